The maximum absolute atomic E-state index is 10.0. The Morgan fingerprint density at radius 1 is 1.00 bits per heavy atom. The summed E-state index contributed by atoms with van der Waals surface area (Å²) in [6.07, 6.45) is 3.27. The van der Waals surface area contributed by atoms with Crippen molar-refractivity contribution in [2.75, 3.05) is 19.6 Å². The standard InChI is InChI=1S/C5H12N2O2.C4H12N2/c6-3-1-2-4(7)5(8)9;5-3-1-2-4-6/h4H,1-3,6-7H2,(H,8,9);1-6H2/t4-;/m0./s1. The van der Waals surface area contributed by atoms with Crippen molar-refractivity contribution in [2.45, 2.75) is 31.7 Å². The highest BCUT2D eigenvalue weighted by Gasteiger charge is 2.08. The molecule has 0 aliphatic rings. The Morgan fingerprint density at radius 2 is 1.40 bits per heavy atom. The van der Waals surface area contributed by atoms with Crippen LogP contribution in [0.2, 0.25) is 0 Å². The van der Waals surface area contributed by atoms with E-state index < -0.39 is 12.0 Å². The summed E-state index contributed by atoms with van der Waals surface area (Å²) in [5.74, 6) is -0.955. The zero-order chi connectivity index (χ0) is 12.1. The lowest BCUT2D eigenvalue weighted by atomic mass is 10.2. The van der Waals surface area contributed by atoms with Crippen molar-refractivity contribution in [1.82, 2.24) is 0 Å². The summed E-state index contributed by atoms with van der Waals surface area (Å²) >= 11 is 0. The zero-order valence-electron chi connectivity index (χ0n) is 9.19. The first-order valence-electron chi connectivity index (χ1n) is 5.18. The molecule has 0 saturated heterocycles. The molecule has 92 valence electrons. The second kappa shape index (κ2) is 13.3. The van der Waals surface area contributed by atoms with Crippen LogP contribution in [0.15, 0.2) is 0 Å². The Morgan fingerprint density at radius 3 is 1.67 bits per heavy atom. The summed E-state index contributed by atoms with van der Waals surface area (Å²) in [7, 11) is 0. The van der Waals surface area contributed by atoms with Crippen molar-refractivity contribution < 1.29 is 9.90 Å². The lowest BCUT2D eigenvalue weighted by Gasteiger charge is -2.02. The average Bonchev–Trinajstić information content (AvgIpc) is 2.23. The first-order chi connectivity index (χ1) is 7.09. The van der Waals surface area contributed by atoms with Crippen LogP contribution >= 0.6 is 0 Å². The predicted molar refractivity (Wildman–Crippen MR) is 61.2 cm³/mol. The molecule has 0 heterocycles. The van der Waals surface area contributed by atoms with Crippen molar-refractivity contribution >= 4 is 5.97 Å². The van der Waals surface area contributed by atoms with Gasteiger partial charge in [-0.3, -0.25) is 4.79 Å². The molecule has 6 nitrogen and oxygen atoms in total. The van der Waals surface area contributed by atoms with Crippen LogP contribution in [0.4, 0.5) is 0 Å². The molecule has 0 amide bonds. The Kier molecular flexibility index (Phi) is 14.8. The smallest absolute Gasteiger partial charge is 0.320 e. The molecule has 0 radical (unpaired) electrons. The van der Waals surface area contributed by atoms with Gasteiger partial charge in [-0.25, -0.2) is 0 Å². The van der Waals surface area contributed by atoms with Gasteiger partial charge in [-0.1, -0.05) is 0 Å². The molecule has 1 atom stereocenters. The number of rotatable bonds is 7. The van der Waals surface area contributed by atoms with Crippen LogP contribution < -0.4 is 22.9 Å². The van der Waals surface area contributed by atoms with Gasteiger partial charge in [0.05, 0.1) is 0 Å². The fourth-order valence-corrected chi connectivity index (χ4v) is 0.750. The van der Waals surface area contributed by atoms with Gasteiger partial charge < -0.3 is 28.0 Å². The molecular weight excluding hydrogens is 196 g/mol. The molecule has 0 spiro atoms. The minimum Gasteiger partial charge on any atom is -0.480 e. The van der Waals surface area contributed by atoms with Gasteiger partial charge in [0.25, 0.3) is 0 Å². The van der Waals surface area contributed by atoms with E-state index >= 15 is 0 Å². The van der Waals surface area contributed by atoms with E-state index in [4.69, 9.17) is 28.0 Å². The van der Waals surface area contributed by atoms with Gasteiger partial charge in [0.1, 0.15) is 6.04 Å². The maximum atomic E-state index is 10.0. The number of unbranched alkanes of at least 4 members (excludes halogenated alkanes) is 1. The molecule has 0 fully saturated rings. The van der Waals surface area contributed by atoms with Gasteiger partial charge in [-0.2, -0.15) is 0 Å². The molecule has 0 aromatic heterocycles. The third-order valence-corrected chi connectivity index (χ3v) is 1.69. The number of aliphatic carboxylic acids is 1. The first-order valence-corrected chi connectivity index (χ1v) is 5.18. The van der Waals surface area contributed by atoms with Crippen molar-refractivity contribution in [2.24, 2.45) is 22.9 Å². The van der Waals surface area contributed by atoms with E-state index in [1.807, 2.05) is 0 Å². The molecule has 0 aromatic rings. The highest BCUT2D eigenvalue weighted by Crippen LogP contribution is 1.91. The highest BCUT2D eigenvalue weighted by molar-refractivity contribution is 5.72. The molecule has 0 aromatic carbocycles. The van der Waals surface area contributed by atoms with Crippen LogP contribution in [-0.2, 0) is 4.79 Å². The van der Waals surface area contributed by atoms with Gasteiger partial charge in [0.2, 0.25) is 0 Å². The van der Waals surface area contributed by atoms with Crippen molar-refractivity contribution in [1.29, 1.82) is 0 Å². The minimum atomic E-state index is -0.955. The quantitative estimate of drug-likeness (QED) is 0.342. The Labute approximate surface area is 91.0 Å². The largest absolute Gasteiger partial charge is 0.480 e. The van der Waals surface area contributed by atoms with Crippen LogP contribution in [0.5, 0.6) is 0 Å². The number of hydrogen-bond donors (Lipinski definition) is 5. The van der Waals surface area contributed by atoms with Gasteiger partial charge in [0.15, 0.2) is 0 Å². The van der Waals surface area contributed by atoms with E-state index in [1.54, 1.807) is 0 Å². The van der Waals surface area contributed by atoms with Gasteiger partial charge in [-0.05, 0) is 45.3 Å². The average molecular weight is 220 g/mol. The third-order valence-electron chi connectivity index (χ3n) is 1.69. The summed E-state index contributed by atoms with van der Waals surface area (Å²) in [6, 6.07) is -0.742. The molecular formula is C9H24N4O2. The molecule has 15 heavy (non-hydrogen) atoms. The van der Waals surface area contributed by atoms with E-state index in [0.717, 1.165) is 25.9 Å². The van der Waals surface area contributed by atoms with E-state index in [-0.39, 0.29) is 0 Å². The number of carboxylic acid groups (broad SMARTS) is 1. The van der Waals surface area contributed by atoms with Crippen LogP contribution in [0.1, 0.15) is 25.7 Å². The monoisotopic (exact) mass is 220 g/mol. The molecule has 0 saturated carbocycles. The number of carbonyl (C=O) groups is 1. The number of hydrogen-bond acceptors (Lipinski definition) is 5. The van der Waals surface area contributed by atoms with Gasteiger partial charge >= 0.3 is 5.97 Å². The SMILES string of the molecule is NCCCCN.NCCC[C@H](N)C(=O)O. The van der Waals surface area contributed by atoms with Crippen molar-refractivity contribution in [3.05, 3.63) is 0 Å². The summed E-state index contributed by atoms with van der Waals surface area (Å²) < 4.78 is 0. The lowest BCUT2D eigenvalue weighted by Crippen LogP contribution is -2.30. The van der Waals surface area contributed by atoms with E-state index in [0.29, 0.717) is 19.4 Å². The minimum absolute atomic E-state index is 0.464. The fourth-order valence-electron chi connectivity index (χ4n) is 0.750. The van der Waals surface area contributed by atoms with Crippen molar-refractivity contribution in [3.63, 3.8) is 0 Å². The summed E-state index contributed by atoms with van der Waals surface area (Å²) in [4.78, 5) is 10.0. The predicted octanol–water partition coefficient (Wildman–Crippen LogP) is -1.18. The first kappa shape index (κ1) is 16.7. The summed E-state index contributed by atoms with van der Waals surface area (Å²) in [5, 5.41) is 8.24. The van der Waals surface area contributed by atoms with Gasteiger partial charge in [0, 0.05) is 0 Å². The topological polar surface area (TPSA) is 141 Å². The van der Waals surface area contributed by atoms with Crippen molar-refractivity contribution in [3.8, 4) is 0 Å². The second-order valence-electron chi connectivity index (χ2n) is 3.16. The second-order valence-corrected chi connectivity index (χ2v) is 3.16. The van der Waals surface area contributed by atoms with E-state index in [2.05, 4.69) is 0 Å². The Bertz CT molecular complexity index is 140. The summed E-state index contributed by atoms with van der Waals surface area (Å²) in [5.41, 5.74) is 20.6. The Hall–Kier alpha value is -0.690. The molecule has 0 aliphatic carbocycles. The van der Waals surface area contributed by atoms with E-state index in [1.165, 1.54) is 0 Å². The molecule has 9 N–H and O–H groups in total. The zero-order valence-corrected chi connectivity index (χ0v) is 9.19. The molecule has 0 rings (SSSR count). The van der Waals surface area contributed by atoms with Crippen LogP contribution in [0.25, 0.3) is 0 Å². The molecule has 0 aliphatic heterocycles. The number of carboxylic acids is 1. The summed E-state index contributed by atoms with van der Waals surface area (Å²) in [6.45, 7) is 2.05. The van der Waals surface area contributed by atoms with Crippen LogP contribution in [0.3, 0.4) is 0 Å². The van der Waals surface area contributed by atoms with Crippen LogP contribution in [-0.4, -0.2) is 36.8 Å². The lowest BCUT2D eigenvalue weighted by molar-refractivity contribution is -0.138. The third kappa shape index (κ3) is 16.0. The molecule has 0 unspecified atom stereocenters. The molecule has 6 heteroatoms. The van der Waals surface area contributed by atoms with Crippen LogP contribution in [0, 0.1) is 0 Å². The maximum Gasteiger partial charge on any atom is 0.320 e. The molecule has 0 bridgehead atoms. The van der Waals surface area contributed by atoms with E-state index in [9.17, 15) is 4.79 Å². The Balaban J connectivity index is 0. The fraction of sp³-hybridized carbons (Fsp3) is 0.889. The highest BCUT2D eigenvalue weighted by atomic mass is 16.4. The number of nitrogens with two attached hydrogens (primary N) is 4. The van der Waals surface area contributed by atoms with Gasteiger partial charge in [-0.15, -0.1) is 0 Å². The normalized spacial score (nSPS) is 11.5.